The molecule has 132 valence electrons. The van der Waals surface area contributed by atoms with Gasteiger partial charge in [-0.3, -0.25) is 4.79 Å². The molecule has 0 aliphatic carbocycles. The highest BCUT2D eigenvalue weighted by atomic mass is 16.5. The van der Waals surface area contributed by atoms with Crippen LogP contribution in [-0.4, -0.2) is 35.7 Å². The zero-order valence-corrected chi connectivity index (χ0v) is 14.8. The molecule has 0 aromatic heterocycles. The Balaban J connectivity index is 1.85. The summed E-state index contributed by atoms with van der Waals surface area (Å²) in [5, 5.41) is 12.1. The predicted octanol–water partition coefficient (Wildman–Crippen LogP) is 3.01. The van der Waals surface area contributed by atoms with Crippen LogP contribution in [0.2, 0.25) is 0 Å². The zero-order valence-electron chi connectivity index (χ0n) is 14.8. The standard InChI is InChI=1S/C19H27NO4/c1-13(2)14(3)19(21)24-12-17-15(4)18(10-20(17)22)23-11-16-8-6-5-7-9-16/h5-10,13-15,17-18H,11-12H2,1-4H3/t14?,15-,17-,18+/m1/s1. The van der Waals surface area contributed by atoms with Gasteiger partial charge in [-0.2, -0.15) is 0 Å². The van der Waals surface area contributed by atoms with Crippen molar-refractivity contribution in [1.82, 2.24) is 0 Å². The molecule has 5 heteroatoms. The predicted molar refractivity (Wildman–Crippen MR) is 92.6 cm³/mol. The molecule has 4 atom stereocenters. The molecule has 1 aromatic carbocycles. The first kappa shape index (κ1) is 18.5. The van der Waals surface area contributed by atoms with Gasteiger partial charge < -0.3 is 14.7 Å². The molecule has 1 aliphatic heterocycles. The van der Waals surface area contributed by atoms with E-state index in [9.17, 15) is 10.0 Å². The summed E-state index contributed by atoms with van der Waals surface area (Å²) in [5.41, 5.74) is 1.07. The number of carbonyl (C=O) groups is 1. The van der Waals surface area contributed by atoms with E-state index in [1.165, 1.54) is 6.21 Å². The summed E-state index contributed by atoms with van der Waals surface area (Å²) in [5.74, 6) is -0.237. The molecule has 5 nitrogen and oxygen atoms in total. The fraction of sp³-hybridized carbons (Fsp3) is 0.579. The highest BCUT2D eigenvalue weighted by Crippen LogP contribution is 2.22. The molecule has 0 saturated carbocycles. The number of hydrogen-bond donors (Lipinski definition) is 0. The van der Waals surface area contributed by atoms with Gasteiger partial charge in [-0.15, -0.1) is 0 Å². The Labute approximate surface area is 143 Å². The van der Waals surface area contributed by atoms with E-state index in [2.05, 4.69) is 0 Å². The fourth-order valence-electron chi connectivity index (χ4n) is 2.60. The summed E-state index contributed by atoms with van der Waals surface area (Å²) in [6.07, 6.45) is 1.27. The highest BCUT2D eigenvalue weighted by Gasteiger charge is 2.40. The van der Waals surface area contributed by atoms with Gasteiger partial charge in [0.1, 0.15) is 6.10 Å². The second-order valence-corrected chi connectivity index (χ2v) is 6.86. The van der Waals surface area contributed by atoms with Crippen molar-refractivity contribution < 1.29 is 19.0 Å². The first-order chi connectivity index (χ1) is 11.4. The number of hydrogen-bond acceptors (Lipinski definition) is 4. The van der Waals surface area contributed by atoms with Gasteiger partial charge in [0.2, 0.25) is 6.04 Å². The van der Waals surface area contributed by atoms with E-state index in [4.69, 9.17) is 9.47 Å². The largest absolute Gasteiger partial charge is 0.624 e. The van der Waals surface area contributed by atoms with Gasteiger partial charge in [0.15, 0.2) is 12.8 Å². The number of benzene rings is 1. The van der Waals surface area contributed by atoms with Crippen molar-refractivity contribution in [2.24, 2.45) is 17.8 Å². The van der Waals surface area contributed by atoms with E-state index in [-0.39, 0.29) is 36.4 Å². The fourth-order valence-corrected chi connectivity index (χ4v) is 2.60. The van der Waals surface area contributed by atoms with Crippen LogP contribution in [0.5, 0.6) is 0 Å². The van der Waals surface area contributed by atoms with E-state index in [1.807, 2.05) is 58.0 Å². The lowest BCUT2D eigenvalue weighted by molar-refractivity contribution is -0.498. The SMILES string of the molecule is CC(C)C(C)C(=O)OC[C@@H]1[C@@H](C)[C@@H](OCc2ccccc2)C=[N+]1[O-]. The molecule has 0 spiro atoms. The van der Waals surface area contributed by atoms with Gasteiger partial charge in [0.25, 0.3) is 0 Å². The molecule has 24 heavy (non-hydrogen) atoms. The molecular weight excluding hydrogens is 306 g/mol. The van der Waals surface area contributed by atoms with Gasteiger partial charge in [0, 0.05) is 0 Å². The van der Waals surface area contributed by atoms with E-state index in [0.717, 1.165) is 10.3 Å². The Morgan fingerprint density at radius 2 is 1.92 bits per heavy atom. The molecule has 0 saturated heterocycles. The molecule has 0 fully saturated rings. The molecule has 0 N–H and O–H groups in total. The van der Waals surface area contributed by atoms with Crippen LogP contribution in [0, 0.1) is 23.0 Å². The monoisotopic (exact) mass is 333 g/mol. The number of carbonyl (C=O) groups excluding carboxylic acids is 1. The number of ether oxygens (including phenoxy) is 2. The maximum absolute atomic E-state index is 12.1. The zero-order chi connectivity index (χ0) is 17.7. The van der Waals surface area contributed by atoms with Gasteiger partial charge in [-0.05, 0) is 11.5 Å². The van der Waals surface area contributed by atoms with E-state index < -0.39 is 6.04 Å². The second kappa shape index (κ2) is 8.29. The first-order valence-corrected chi connectivity index (χ1v) is 8.52. The summed E-state index contributed by atoms with van der Waals surface area (Å²) in [6, 6.07) is 9.45. The average Bonchev–Trinajstić information content (AvgIpc) is 2.84. The third kappa shape index (κ3) is 4.57. The summed E-state index contributed by atoms with van der Waals surface area (Å²) >= 11 is 0. The molecule has 0 amide bonds. The quantitative estimate of drug-likeness (QED) is 0.437. The van der Waals surface area contributed by atoms with Crippen molar-refractivity contribution in [1.29, 1.82) is 0 Å². The number of hydroxylamine groups is 1. The van der Waals surface area contributed by atoms with Crippen molar-refractivity contribution in [3.05, 3.63) is 41.1 Å². The van der Waals surface area contributed by atoms with Crippen LogP contribution in [0.25, 0.3) is 0 Å². The van der Waals surface area contributed by atoms with Crippen LogP contribution in [-0.2, 0) is 20.9 Å². The van der Waals surface area contributed by atoms with Gasteiger partial charge in [0.05, 0.1) is 18.4 Å². The summed E-state index contributed by atoms with van der Waals surface area (Å²) < 4.78 is 12.1. The second-order valence-electron chi connectivity index (χ2n) is 6.86. The number of nitrogens with zero attached hydrogens (tertiary/aromatic N) is 1. The van der Waals surface area contributed by atoms with Crippen LogP contribution in [0.4, 0.5) is 0 Å². The van der Waals surface area contributed by atoms with Crippen molar-refractivity contribution in [3.63, 3.8) is 0 Å². The third-order valence-electron chi connectivity index (χ3n) is 4.80. The van der Waals surface area contributed by atoms with Crippen LogP contribution in [0.15, 0.2) is 30.3 Å². The molecule has 2 rings (SSSR count). The Morgan fingerprint density at radius 3 is 2.54 bits per heavy atom. The Bertz CT molecular complexity index is 570. The molecule has 1 aromatic rings. The van der Waals surface area contributed by atoms with E-state index in [1.54, 1.807) is 0 Å². The number of rotatable bonds is 7. The highest BCUT2D eigenvalue weighted by molar-refractivity contribution is 5.72. The average molecular weight is 333 g/mol. The van der Waals surface area contributed by atoms with Crippen LogP contribution >= 0.6 is 0 Å². The lowest BCUT2D eigenvalue weighted by atomic mass is 9.98. The van der Waals surface area contributed by atoms with Gasteiger partial charge in [-0.25, -0.2) is 4.74 Å². The summed E-state index contributed by atoms with van der Waals surface area (Å²) in [4.78, 5) is 12.0. The Kier molecular flexibility index (Phi) is 6.37. The molecule has 0 bridgehead atoms. The first-order valence-electron chi connectivity index (χ1n) is 8.52. The summed E-state index contributed by atoms with van der Waals surface area (Å²) in [6.45, 7) is 8.31. The molecule has 0 radical (unpaired) electrons. The minimum atomic E-state index is -0.394. The van der Waals surface area contributed by atoms with E-state index in [0.29, 0.717) is 6.61 Å². The lowest BCUT2D eigenvalue weighted by Crippen LogP contribution is -2.34. The minimum absolute atomic E-state index is 0.0339. The maximum atomic E-state index is 12.1. The van der Waals surface area contributed by atoms with Crippen LogP contribution < -0.4 is 0 Å². The molecule has 1 unspecified atom stereocenters. The van der Waals surface area contributed by atoms with Crippen molar-refractivity contribution in [3.8, 4) is 0 Å². The van der Waals surface area contributed by atoms with Crippen molar-refractivity contribution in [2.45, 2.75) is 46.4 Å². The third-order valence-corrected chi connectivity index (χ3v) is 4.80. The molecular formula is C19H27NO4. The molecule has 1 heterocycles. The van der Waals surface area contributed by atoms with Crippen molar-refractivity contribution >= 4 is 12.2 Å². The smallest absolute Gasteiger partial charge is 0.309 e. The van der Waals surface area contributed by atoms with E-state index >= 15 is 0 Å². The minimum Gasteiger partial charge on any atom is -0.624 e. The normalized spacial score (nSPS) is 24.7. The topological polar surface area (TPSA) is 61.6 Å². The van der Waals surface area contributed by atoms with Gasteiger partial charge in [-0.1, -0.05) is 58.0 Å². The number of esters is 1. The van der Waals surface area contributed by atoms with Gasteiger partial charge >= 0.3 is 5.97 Å². The molecule has 1 aliphatic rings. The lowest BCUT2D eigenvalue weighted by Gasteiger charge is -2.20. The van der Waals surface area contributed by atoms with Crippen molar-refractivity contribution in [2.75, 3.05) is 6.61 Å². The Hall–Kier alpha value is -1.88. The van der Waals surface area contributed by atoms with Crippen LogP contribution in [0.1, 0.15) is 33.3 Å². The maximum Gasteiger partial charge on any atom is 0.309 e. The summed E-state index contributed by atoms with van der Waals surface area (Å²) in [7, 11) is 0. The Morgan fingerprint density at radius 1 is 1.25 bits per heavy atom. The van der Waals surface area contributed by atoms with Crippen LogP contribution in [0.3, 0.4) is 0 Å².